The van der Waals surface area contributed by atoms with Crippen LogP contribution in [0, 0.1) is 11.8 Å². The van der Waals surface area contributed by atoms with E-state index in [-0.39, 0.29) is 37.0 Å². The van der Waals surface area contributed by atoms with Crippen molar-refractivity contribution in [2.24, 2.45) is 0 Å². The molecule has 2 fully saturated rings. The lowest BCUT2D eigenvalue weighted by Gasteiger charge is -2.23. The van der Waals surface area contributed by atoms with Gasteiger partial charge in [0, 0.05) is 18.7 Å². The summed E-state index contributed by atoms with van der Waals surface area (Å²) in [6, 6.07) is 13.6. The quantitative estimate of drug-likeness (QED) is 0.220. The molecule has 2 atom stereocenters. The van der Waals surface area contributed by atoms with Crippen molar-refractivity contribution in [2.75, 3.05) is 40.4 Å². The van der Waals surface area contributed by atoms with Crippen LogP contribution in [0.25, 0.3) is 22.2 Å². The molecule has 4 N–H and O–H groups in total. The number of amides is 4. The van der Waals surface area contributed by atoms with Gasteiger partial charge in [-0.15, -0.1) is 0 Å². The van der Waals surface area contributed by atoms with Gasteiger partial charge in [0.25, 0.3) is 0 Å². The third kappa shape index (κ3) is 7.10. The fourth-order valence-corrected chi connectivity index (χ4v) is 6.16. The first-order chi connectivity index (χ1) is 23.3. The van der Waals surface area contributed by atoms with E-state index < -0.39 is 12.2 Å². The molecular weight excluding hydrogens is 616 g/mol. The number of benzene rings is 2. The second-order valence-electron chi connectivity index (χ2n) is 11.5. The van der Waals surface area contributed by atoms with Crippen LogP contribution < -0.4 is 10.6 Å². The molecule has 0 bridgehead atoms. The normalized spacial score (nSPS) is 17.1. The van der Waals surface area contributed by atoms with E-state index in [0.717, 1.165) is 59.2 Å². The third-order valence-electron chi connectivity index (χ3n) is 8.57. The van der Waals surface area contributed by atoms with Crippen LogP contribution in [0.1, 0.15) is 60.7 Å². The van der Waals surface area contributed by atoms with Gasteiger partial charge in [0.2, 0.25) is 11.8 Å². The number of methoxy groups -OCH3 is 2. The first-order valence-electron chi connectivity index (χ1n) is 15.7. The predicted molar refractivity (Wildman–Crippen MR) is 174 cm³/mol. The number of aromatic amines is 2. The maximum Gasteiger partial charge on any atom is 0.407 e. The fraction of sp³-hybridized carbons (Fsp3) is 0.353. The zero-order chi connectivity index (χ0) is 33.6. The Kier molecular flexibility index (Phi) is 9.56. The largest absolute Gasteiger partial charge is 0.453 e. The van der Waals surface area contributed by atoms with Gasteiger partial charge in [-0.25, -0.2) is 19.6 Å². The number of hydrogen-bond donors (Lipinski definition) is 4. The molecule has 2 aliphatic rings. The summed E-state index contributed by atoms with van der Waals surface area (Å²) in [6.07, 6.45) is 3.63. The monoisotopic (exact) mass is 652 g/mol. The minimum absolute atomic E-state index is 0.128. The van der Waals surface area contributed by atoms with E-state index in [1.54, 1.807) is 16.0 Å². The standard InChI is InChI=1S/C34H36N8O6/c1-47-33(45)36-19-29(43)41-15-3-5-27(41)31-35-18-24(38-31)13-9-21-7-10-22(11-8-21)23-12-14-25-26(17-23)40-32(39-25)28-6-4-16-42(28)30(44)20-37-34(46)48-2/h7-8,10-12,14,17-18,27-28H,3-6,15-16,19-20H2,1-2H3,(H,35,38)(H,36,45)(H,37,46)(H,39,40)/t27-,28-/m0/s1. The lowest BCUT2D eigenvalue weighted by Crippen LogP contribution is -2.40. The molecule has 0 radical (unpaired) electrons. The zero-order valence-corrected chi connectivity index (χ0v) is 26.7. The molecule has 14 heteroatoms. The number of nitrogens with zero attached hydrogens (tertiary/aromatic N) is 4. The summed E-state index contributed by atoms with van der Waals surface area (Å²) in [4.78, 5) is 67.5. The summed E-state index contributed by atoms with van der Waals surface area (Å²) < 4.78 is 9.11. The Hall–Kier alpha value is -5.84. The smallest absolute Gasteiger partial charge is 0.407 e. The highest BCUT2D eigenvalue weighted by Crippen LogP contribution is 2.33. The fourth-order valence-electron chi connectivity index (χ4n) is 6.16. The van der Waals surface area contributed by atoms with Crippen LogP contribution in [-0.2, 0) is 19.1 Å². The van der Waals surface area contributed by atoms with E-state index in [9.17, 15) is 19.2 Å². The number of carbonyl (C=O) groups excluding carboxylic acids is 4. The van der Waals surface area contributed by atoms with Crippen LogP contribution in [0.15, 0.2) is 48.7 Å². The molecule has 4 heterocycles. The highest BCUT2D eigenvalue weighted by molar-refractivity contribution is 5.84. The molecule has 2 aromatic heterocycles. The van der Waals surface area contributed by atoms with Crippen molar-refractivity contribution in [3.05, 3.63) is 71.6 Å². The molecule has 0 aliphatic carbocycles. The first kappa shape index (κ1) is 32.1. The Morgan fingerprint density at radius 3 is 2.04 bits per heavy atom. The molecular formula is C34H36N8O6. The van der Waals surface area contributed by atoms with Gasteiger partial charge in [-0.05, 0) is 67.0 Å². The van der Waals surface area contributed by atoms with Crippen molar-refractivity contribution < 1.29 is 28.7 Å². The number of nitrogens with one attached hydrogen (secondary N) is 4. The minimum atomic E-state index is -0.647. The maximum absolute atomic E-state index is 12.8. The molecule has 2 saturated heterocycles. The van der Waals surface area contributed by atoms with E-state index in [4.69, 9.17) is 4.98 Å². The summed E-state index contributed by atoms with van der Waals surface area (Å²) in [7, 11) is 2.51. The molecule has 0 spiro atoms. The van der Waals surface area contributed by atoms with E-state index >= 15 is 0 Å². The summed E-state index contributed by atoms with van der Waals surface area (Å²) in [5.41, 5.74) is 5.18. The number of carbonyl (C=O) groups is 4. The molecule has 14 nitrogen and oxygen atoms in total. The SMILES string of the molecule is COC(=O)NCC(=O)N1CCC[C@H]1c1ncc(C#Cc2ccc(-c3ccc4nc([C@@H]5CCCN5C(=O)CNC(=O)OC)[nH]c4c3)cc2)[nH]1. The van der Waals surface area contributed by atoms with E-state index in [1.165, 1.54) is 14.2 Å². The lowest BCUT2D eigenvalue weighted by atomic mass is 10.0. The lowest BCUT2D eigenvalue weighted by molar-refractivity contribution is -0.132. The number of aromatic nitrogens is 4. The Bertz CT molecular complexity index is 1890. The topological polar surface area (TPSA) is 175 Å². The molecule has 248 valence electrons. The Morgan fingerprint density at radius 2 is 1.42 bits per heavy atom. The van der Waals surface area contributed by atoms with Gasteiger partial charge in [-0.2, -0.15) is 0 Å². The average molecular weight is 653 g/mol. The van der Waals surface area contributed by atoms with Gasteiger partial charge in [-0.3, -0.25) is 9.59 Å². The number of rotatable bonds is 7. The summed E-state index contributed by atoms with van der Waals surface area (Å²) in [6.45, 7) is 0.927. The Balaban J connectivity index is 1.10. The van der Waals surface area contributed by atoms with Crippen LogP contribution in [0.5, 0.6) is 0 Å². The van der Waals surface area contributed by atoms with E-state index in [1.807, 2.05) is 42.5 Å². The summed E-state index contributed by atoms with van der Waals surface area (Å²) in [5.74, 6) is 7.31. The van der Waals surface area contributed by atoms with E-state index in [2.05, 4.69) is 46.9 Å². The molecule has 0 saturated carbocycles. The Labute approximate surface area is 276 Å². The second-order valence-corrected chi connectivity index (χ2v) is 11.5. The number of ether oxygens (including phenoxy) is 2. The zero-order valence-electron chi connectivity index (χ0n) is 26.7. The number of fused-ring (bicyclic) bond motifs is 1. The molecule has 6 rings (SSSR count). The summed E-state index contributed by atoms with van der Waals surface area (Å²) in [5, 5.41) is 4.89. The van der Waals surface area contributed by atoms with Gasteiger partial charge in [0.05, 0.1) is 43.5 Å². The van der Waals surface area contributed by atoms with Crippen molar-refractivity contribution in [2.45, 2.75) is 37.8 Å². The van der Waals surface area contributed by atoms with Gasteiger partial charge in [0.1, 0.15) is 30.4 Å². The number of imidazole rings is 2. The van der Waals surface area contributed by atoms with Crippen molar-refractivity contribution >= 4 is 35.0 Å². The van der Waals surface area contributed by atoms with Crippen molar-refractivity contribution in [1.82, 2.24) is 40.4 Å². The molecule has 4 amide bonds. The highest BCUT2D eigenvalue weighted by atomic mass is 16.5. The van der Waals surface area contributed by atoms with Crippen LogP contribution in [0.4, 0.5) is 9.59 Å². The predicted octanol–water partition coefficient (Wildman–Crippen LogP) is 3.39. The second kappa shape index (κ2) is 14.3. The van der Waals surface area contributed by atoms with Gasteiger partial charge in [0.15, 0.2) is 0 Å². The van der Waals surface area contributed by atoms with Crippen LogP contribution in [-0.4, -0.2) is 94.1 Å². The van der Waals surface area contributed by atoms with Gasteiger partial charge >= 0.3 is 12.2 Å². The number of hydrogen-bond acceptors (Lipinski definition) is 8. The maximum atomic E-state index is 12.8. The molecule has 2 aromatic carbocycles. The van der Waals surface area contributed by atoms with E-state index in [0.29, 0.717) is 24.6 Å². The highest BCUT2D eigenvalue weighted by Gasteiger charge is 2.33. The average Bonchev–Trinajstić information content (AvgIpc) is 3.94. The number of H-pyrrole nitrogens is 2. The van der Waals surface area contributed by atoms with Gasteiger partial charge < -0.3 is 39.9 Å². The first-order valence-corrected chi connectivity index (χ1v) is 15.7. The molecule has 0 unspecified atom stereocenters. The number of likely N-dealkylation sites (tertiary alicyclic amines) is 2. The van der Waals surface area contributed by atoms with Crippen molar-refractivity contribution in [3.8, 4) is 23.0 Å². The van der Waals surface area contributed by atoms with Crippen LogP contribution >= 0.6 is 0 Å². The summed E-state index contributed by atoms with van der Waals surface area (Å²) >= 11 is 0. The molecule has 4 aromatic rings. The van der Waals surface area contributed by atoms with Crippen molar-refractivity contribution in [3.63, 3.8) is 0 Å². The molecule has 48 heavy (non-hydrogen) atoms. The Morgan fingerprint density at radius 1 is 0.812 bits per heavy atom. The number of alkyl carbamates (subject to hydrolysis) is 2. The van der Waals surface area contributed by atoms with Crippen LogP contribution in [0.2, 0.25) is 0 Å². The third-order valence-corrected chi connectivity index (χ3v) is 8.57. The van der Waals surface area contributed by atoms with Gasteiger partial charge in [-0.1, -0.05) is 24.1 Å². The minimum Gasteiger partial charge on any atom is -0.453 e. The van der Waals surface area contributed by atoms with Crippen LogP contribution in [0.3, 0.4) is 0 Å². The van der Waals surface area contributed by atoms with Crippen molar-refractivity contribution in [1.29, 1.82) is 0 Å². The molecule has 2 aliphatic heterocycles.